The molecule has 4 rings (SSSR count). The number of sulfonamides is 1. The Hall–Kier alpha value is -2.80. The highest BCUT2D eigenvalue weighted by atomic mass is 32.2. The molecule has 0 radical (unpaired) electrons. The van der Waals surface area contributed by atoms with Crippen LogP contribution in [-0.2, 0) is 10.0 Å². The monoisotopic (exact) mass is 328 g/mol. The Morgan fingerprint density at radius 2 is 1.83 bits per heavy atom. The van der Waals surface area contributed by atoms with Gasteiger partial charge in [-0.2, -0.15) is 0 Å². The molecule has 6 nitrogen and oxygen atoms in total. The third-order valence-electron chi connectivity index (χ3n) is 3.53. The third kappa shape index (κ3) is 2.44. The normalized spacial score (nSPS) is 13.2. The lowest BCUT2D eigenvalue weighted by molar-refractivity contribution is 0.174. The summed E-state index contributed by atoms with van der Waals surface area (Å²) in [4.78, 5) is 4.35. The minimum absolute atomic E-state index is 0.0967. The second kappa shape index (κ2) is 5.13. The van der Waals surface area contributed by atoms with Gasteiger partial charge in [-0.15, -0.1) is 0 Å². The van der Waals surface area contributed by atoms with Crippen molar-refractivity contribution in [3.63, 3.8) is 0 Å². The number of pyridine rings is 1. The summed E-state index contributed by atoms with van der Waals surface area (Å²) >= 11 is 0. The van der Waals surface area contributed by atoms with E-state index in [1.54, 1.807) is 30.5 Å². The SMILES string of the molecule is O=S(=O)(Nc1cccc2cccnc12)c1ccc2c(c1)OCO2. The van der Waals surface area contributed by atoms with E-state index in [4.69, 9.17) is 9.47 Å². The number of para-hydroxylation sites is 1. The summed E-state index contributed by atoms with van der Waals surface area (Å²) in [6.07, 6.45) is 1.63. The van der Waals surface area contributed by atoms with Crippen LogP contribution in [0.4, 0.5) is 5.69 Å². The largest absolute Gasteiger partial charge is 0.454 e. The first kappa shape index (κ1) is 13.8. The number of nitrogens with one attached hydrogen (secondary N) is 1. The van der Waals surface area contributed by atoms with Crippen LogP contribution in [0, 0.1) is 0 Å². The van der Waals surface area contributed by atoms with Gasteiger partial charge >= 0.3 is 0 Å². The van der Waals surface area contributed by atoms with Crippen molar-refractivity contribution in [2.45, 2.75) is 4.90 Å². The lowest BCUT2D eigenvalue weighted by Crippen LogP contribution is -2.13. The molecule has 0 saturated heterocycles. The molecule has 23 heavy (non-hydrogen) atoms. The minimum Gasteiger partial charge on any atom is -0.454 e. The van der Waals surface area contributed by atoms with Crippen molar-refractivity contribution >= 4 is 26.6 Å². The maximum absolute atomic E-state index is 12.6. The van der Waals surface area contributed by atoms with Crippen molar-refractivity contribution in [1.82, 2.24) is 4.98 Å². The van der Waals surface area contributed by atoms with Crippen LogP contribution < -0.4 is 14.2 Å². The quantitative estimate of drug-likeness (QED) is 0.800. The molecular formula is C16H12N2O4S. The first-order chi connectivity index (χ1) is 11.1. The van der Waals surface area contributed by atoms with Crippen molar-refractivity contribution in [2.75, 3.05) is 11.5 Å². The zero-order valence-corrected chi connectivity index (χ0v) is 12.7. The Balaban J connectivity index is 1.74. The molecule has 0 aliphatic carbocycles. The Morgan fingerprint density at radius 3 is 2.74 bits per heavy atom. The Kier molecular flexibility index (Phi) is 3.09. The Bertz CT molecular complexity index is 997. The summed E-state index contributed by atoms with van der Waals surface area (Å²) in [5, 5.41) is 0.860. The average molecular weight is 328 g/mol. The van der Waals surface area contributed by atoms with E-state index in [0.717, 1.165) is 5.39 Å². The van der Waals surface area contributed by atoms with Gasteiger partial charge in [0.15, 0.2) is 11.5 Å². The number of benzene rings is 2. The van der Waals surface area contributed by atoms with E-state index in [2.05, 4.69) is 9.71 Å². The first-order valence-corrected chi connectivity index (χ1v) is 8.38. The van der Waals surface area contributed by atoms with E-state index in [1.165, 1.54) is 12.1 Å². The second-order valence-corrected chi connectivity index (χ2v) is 6.68. The van der Waals surface area contributed by atoms with Crippen molar-refractivity contribution in [3.8, 4) is 11.5 Å². The van der Waals surface area contributed by atoms with E-state index >= 15 is 0 Å². The van der Waals surface area contributed by atoms with Crippen LogP contribution in [0.3, 0.4) is 0 Å². The van der Waals surface area contributed by atoms with Crippen LogP contribution in [0.2, 0.25) is 0 Å². The molecule has 1 N–H and O–H groups in total. The maximum atomic E-state index is 12.6. The number of fused-ring (bicyclic) bond motifs is 2. The van der Waals surface area contributed by atoms with Crippen molar-refractivity contribution in [1.29, 1.82) is 0 Å². The van der Waals surface area contributed by atoms with Crippen LogP contribution in [0.5, 0.6) is 11.5 Å². The van der Waals surface area contributed by atoms with Gasteiger partial charge in [0.25, 0.3) is 10.0 Å². The van der Waals surface area contributed by atoms with Crippen LogP contribution in [0.25, 0.3) is 10.9 Å². The summed E-state index contributed by atoms with van der Waals surface area (Å²) in [5.74, 6) is 0.958. The zero-order valence-electron chi connectivity index (χ0n) is 11.9. The van der Waals surface area contributed by atoms with Crippen LogP contribution >= 0.6 is 0 Å². The number of ether oxygens (including phenoxy) is 2. The fourth-order valence-corrected chi connectivity index (χ4v) is 3.52. The summed E-state index contributed by atoms with van der Waals surface area (Å²) in [7, 11) is -3.75. The van der Waals surface area contributed by atoms with Gasteiger partial charge in [-0.3, -0.25) is 9.71 Å². The number of hydrogen-bond acceptors (Lipinski definition) is 5. The number of anilines is 1. The molecule has 0 fully saturated rings. The van der Waals surface area contributed by atoms with Gasteiger partial charge in [0.2, 0.25) is 6.79 Å². The third-order valence-corrected chi connectivity index (χ3v) is 4.89. The van der Waals surface area contributed by atoms with E-state index in [-0.39, 0.29) is 11.7 Å². The van der Waals surface area contributed by atoms with Gasteiger partial charge in [-0.05, 0) is 24.3 Å². The molecular weight excluding hydrogens is 316 g/mol. The molecule has 116 valence electrons. The van der Waals surface area contributed by atoms with Crippen LogP contribution in [0.1, 0.15) is 0 Å². The highest BCUT2D eigenvalue weighted by molar-refractivity contribution is 7.92. The molecule has 0 spiro atoms. The van der Waals surface area contributed by atoms with Gasteiger partial charge in [-0.1, -0.05) is 18.2 Å². The van der Waals surface area contributed by atoms with Gasteiger partial charge in [0.1, 0.15) is 0 Å². The predicted octanol–water partition coefficient (Wildman–Crippen LogP) is 2.76. The molecule has 1 aliphatic heterocycles. The van der Waals surface area contributed by atoms with Gasteiger partial charge in [0, 0.05) is 17.6 Å². The molecule has 3 aromatic rings. The lowest BCUT2D eigenvalue weighted by atomic mass is 10.2. The average Bonchev–Trinajstić information content (AvgIpc) is 3.02. The number of aromatic nitrogens is 1. The highest BCUT2D eigenvalue weighted by Gasteiger charge is 2.21. The van der Waals surface area contributed by atoms with E-state index < -0.39 is 10.0 Å². The lowest BCUT2D eigenvalue weighted by Gasteiger charge is -2.10. The Labute approximate surface area is 132 Å². The van der Waals surface area contributed by atoms with Crippen molar-refractivity contribution in [3.05, 3.63) is 54.7 Å². The number of nitrogens with zero attached hydrogens (tertiary/aromatic N) is 1. The molecule has 7 heteroatoms. The summed E-state index contributed by atoms with van der Waals surface area (Å²) < 4.78 is 38.2. The topological polar surface area (TPSA) is 77.5 Å². The maximum Gasteiger partial charge on any atom is 0.262 e. The Morgan fingerprint density at radius 1 is 1.00 bits per heavy atom. The molecule has 0 unspecified atom stereocenters. The van der Waals surface area contributed by atoms with Gasteiger partial charge in [0.05, 0.1) is 16.1 Å². The van der Waals surface area contributed by atoms with Gasteiger partial charge < -0.3 is 9.47 Å². The molecule has 2 aromatic carbocycles. The van der Waals surface area contributed by atoms with E-state index in [1.807, 2.05) is 12.1 Å². The zero-order chi connectivity index (χ0) is 15.9. The van der Waals surface area contributed by atoms with Crippen molar-refractivity contribution < 1.29 is 17.9 Å². The summed E-state index contributed by atoms with van der Waals surface area (Å²) in [6.45, 7) is 0.0967. The molecule has 1 aromatic heterocycles. The molecule has 0 atom stereocenters. The molecule has 2 heterocycles. The van der Waals surface area contributed by atoms with Crippen molar-refractivity contribution in [2.24, 2.45) is 0 Å². The molecule has 1 aliphatic rings. The van der Waals surface area contributed by atoms with E-state index in [0.29, 0.717) is 22.7 Å². The fraction of sp³-hybridized carbons (Fsp3) is 0.0625. The van der Waals surface area contributed by atoms with Gasteiger partial charge in [-0.25, -0.2) is 8.42 Å². The minimum atomic E-state index is -3.75. The summed E-state index contributed by atoms with van der Waals surface area (Å²) in [5.41, 5.74) is 1.03. The molecule has 0 amide bonds. The van der Waals surface area contributed by atoms with Crippen LogP contribution in [-0.4, -0.2) is 20.2 Å². The number of rotatable bonds is 3. The summed E-state index contributed by atoms with van der Waals surface area (Å²) in [6, 6.07) is 13.5. The second-order valence-electron chi connectivity index (χ2n) is 5.00. The smallest absolute Gasteiger partial charge is 0.262 e. The first-order valence-electron chi connectivity index (χ1n) is 6.90. The van der Waals surface area contributed by atoms with Crippen LogP contribution in [0.15, 0.2) is 59.6 Å². The standard InChI is InChI=1S/C16H12N2O4S/c19-23(20,12-6-7-14-15(9-12)22-10-21-14)18-13-5-1-3-11-4-2-8-17-16(11)13/h1-9,18H,10H2. The van der Waals surface area contributed by atoms with E-state index in [9.17, 15) is 8.42 Å². The molecule has 0 bridgehead atoms. The predicted molar refractivity (Wildman–Crippen MR) is 85.1 cm³/mol. The highest BCUT2D eigenvalue weighted by Crippen LogP contribution is 2.34. The molecule has 0 saturated carbocycles. The number of hydrogen-bond donors (Lipinski definition) is 1. The fourth-order valence-electron chi connectivity index (χ4n) is 2.43.